The van der Waals surface area contributed by atoms with Gasteiger partial charge in [0.05, 0.1) is 5.92 Å². The Morgan fingerprint density at radius 2 is 2.14 bits per heavy atom. The molecule has 2 N–H and O–H groups in total. The van der Waals surface area contributed by atoms with E-state index in [-0.39, 0.29) is 18.3 Å². The predicted octanol–water partition coefficient (Wildman–Crippen LogP) is 2.09. The highest BCUT2D eigenvalue weighted by Crippen LogP contribution is 2.30. The third-order valence-corrected chi connectivity index (χ3v) is 2.38. The number of nitrogens with one attached hydrogen (secondary N) is 1. The predicted molar refractivity (Wildman–Crippen MR) is 57.2 cm³/mol. The fourth-order valence-corrected chi connectivity index (χ4v) is 1.73. The van der Waals surface area contributed by atoms with Gasteiger partial charge < -0.3 is 10.4 Å². The number of rotatable bonds is 1. The molecular formula is C10H12ClNO2. The van der Waals surface area contributed by atoms with E-state index in [0.717, 1.165) is 17.8 Å². The maximum Gasteiger partial charge on any atom is 0.311 e. The van der Waals surface area contributed by atoms with Crippen molar-refractivity contribution in [2.75, 3.05) is 11.9 Å². The van der Waals surface area contributed by atoms with Gasteiger partial charge in [0.25, 0.3) is 0 Å². The fraction of sp³-hybridized carbons (Fsp3) is 0.300. The Morgan fingerprint density at radius 3 is 2.86 bits per heavy atom. The van der Waals surface area contributed by atoms with Crippen LogP contribution >= 0.6 is 12.4 Å². The first-order valence-electron chi connectivity index (χ1n) is 4.34. The lowest BCUT2D eigenvalue weighted by Gasteiger charge is -2.23. The van der Waals surface area contributed by atoms with Crippen LogP contribution < -0.4 is 5.32 Å². The van der Waals surface area contributed by atoms with Crippen molar-refractivity contribution < 1.29 is 9.90 Å². The zero-order chi connectivity index (χ0) is 9.26. The Bertz CT molecular complexity index is 341. The summed E-state index contributed by atoms with van der Waals surface area (Å²) in [4.78, 5) is 10.9. The highest BCUT2D eigenvalue weighted by molar-refractivity contribution is 5.85. The minimum absolute atomic E-state index is 0. The molecule has 3 nitrogen and oxygen atoms in total. The number of fused-ring (bicyclic) bond motifs is 1. The summed E-state index contributed by atoms with van der Waals surface area (Å²) in [5, 5.41) is 12.1. The third-order valence-electron chi connectivity index (χ3n) is 2.38. The summed E-state index contributed by atoms with van der Waals surface area (Å²) >= 11 is 0. The number of hydrogen-bond donors (Lipinski definition) is 2. The highest BCUT2D eigenvalue weighted by Gasteiger charge is 2.25. The Kier molecular flexibility index (Phi) is 3.36. The molecule has 0 radical (unpaired) electrons. The molecule has 0 fully saturated rings. The van der Waals surface area contributed by atoms with Crippen LogP contribution in [-0.2, 0) is 4.79 Å². The number of benzene rings is 1. The van der Waals surface area contributed by atoms with Crippen LogP contribution in [0, 0.1) is 0 Å². The number of hydrogen-bond acceptors (Lipinski definition) is 2. The number of carboxylic acids is 1. The molecule has 1 aliphatic heterocycles. The molecule has 0 aromatic heterocycles. The van der Waals surface area contributed by atoms with Gasteiger partial charge in [0.2, 0.25) is 0 Å². The van der Waals surface area contributed by atoms with E-state index in [1.54, 1.807) is 0 Å². The van der Waals surface area contributed by atoms with E-state index in [9.17, 15) is 4.79 Å². The first-order chi connectivity index (χ1) is 6.29. The van der Waals surface area contributed by atoms with Gasteiger partial charge in [-0.2, -0.15) is 0 Å². The zero-order valence-corrected chi connectivity index (χ0v) is 8.38. The van der Waals surface area contributed by atoms with Crippen LogP contribution in [0.25, 0.3) is 0 Å². The van der Waals surface area contributed by atoms with Gasteiger partial charge in [-0.1, -0.05) is 18.2 Å². The summed E-state index contributed by atoms with van der Waals surface area (Å²) in [6, 6.07) is 7.59. The molecule has 0 aliphatic carbocycles. The van der Waals surface area contributed by atoms with Crippen molar-refractivity contribution in [3.63, 3.8) is 0 Å². The monoisotopic (exact) mass is 213 g/mol. The normalized spacial score (nSPS) is 18.7. The number of para-hydroxylation sites is 1. The number of aliphatic carboxylic acids is 1. The van der Waals surface area contributed by atoms with E-state index < -0.39 is 5.97 Å². The summed E-state index contributed by atoms with van der Waals surface area (Å²) in [5.74, 6) is -1.06. The number of anilines is 1. The molecule has 1 aromatic carbocycles. The second-order valence-corrected chi connectivity index (χ2v) is 3.19. The molecule has 1 aliphatic rings. The van der Waals surface area contributed by atoms with Crippen LogP contribution in [0.2, 0.25) is 0 Å². The molecule has 1 atom stereocenters. The molecule has 14 heavy (non-hydrogen) atoms. The van der Waals surface area contributed by atoms with Crippen LogP contribution in [0.3, 0.4) is 0 Å². The molecule has 0 bridgehead atoms. The molecule has 1 aromatic rings. The molecule has 0 amide bonds. The standard InChI is InChI=1S/C10H11NO2.ClH/c12-10(13)8-5-6-11-9-4-2-1-3-7(8)9;/h1-4,8,11H,5-6H2,(H,12,13);1H. The maximum absolute atomic E-state index is 10.9. The van der Waals surface area contributed by atoms with Gasteiger partial charge in [-0.05, 0) is 18.1 Å². The largest absolute Gasteiger partial charge is 0.481 e. The van der Waals surface area contributed by atoms with Crippen molar-refractivity contribution in [1.82, 2.24) is 0 Å². The van der Waals surface area contributed by atoms with Crippen molar-refractivity contribution in [3.05, 3.63) is 29.8 Å². The minimum Gasteiger partial charge on any atom is -0.481 e. The summed E-state index contributed by atoms with van der Waals surface area (Å²) in [6.07, 6.45) is 0.673. The lowest BCUT2D eigenvalue weighted by molar-refractivity contribution is -0.138. The molecule has 4 heteroatoms. The summed E-state index contributed by atoms with van der Waals surface area (Å²) < 4.78 is 0. The Labute approximate surface area is 88.5 Å². The third kappa shape index (κ3) is 1.82. The van der Waals surface area contributed by atoms with Crippen molar-refractivity contribution in [3.8, 4) is 0 Å². The summed E-state index contributed by atoms with van der Waals surface area (Å²) in [7, 11) is 0. The second kappa shape index (κ2) is 4.33. The SMILES string of the molecule is Cl.O=C(O)C1CCNc2ccccc21. The van der Waals surface area contributed by atoms with Crippen LogP contribution in [0.1, 0.15) is 17.9 Å². The summed E-state index contributed by atoms with van der Waals surface area (Å²) in [5.41, 5.74) is 1.86. The molecule has 0 saturated heterocycles. The van der Waals surface area contributed by atoms with E-state index in [4.69, 9.17) is 5.11 Å². The molecule has 2 rings (SSSR count). The van der Waals surface area contributed by atoms with Gasteiger partial charge in [0.1, 0.15) is 0 Å². The molecule has 0 spiro atoms. The van der Waals surface area contributed by atoms with Gasteiger partial charge in [-0.15, -0.1) is 12.4 Å². The molecule has 76 valence electrons. The maximum atomic E-state index is 10.9. The van der Waals surface area contributed by atoms with Crippen molar-refractivity contribution >= 4 is 24.1 Å². The number of halogens is 1. The van der Waals surface area contributed by atoms with Crippen LogP contribution in [-0.4, -0.2) is 17.6 Å². The zero-order valence-electron chi connectivity index (χ0n) is 7.56. The van der Waals surface area contributed by atoms with E-state index in [0.29, 0.717) is 6.42 Å². The number of carbonyl (C=O) groups is 1. The van der Waals surface area contributed by atoms with Gasteiger partial charge in [-0.3, -0.25) is 4.79 Å². The second-order valence-electron chi connectivity index (χ2n) is 3.19. The topological polar surface area (TPSA) is 49.3 Å². The van der Waals surface area contributed by atoms with Crippen LogP contribution in [0.15, 0.2) is 24.3 Å². The lowest BCUT2D eigenvalue weighted by Crippen LogP contribution is -2.22. The average Bonchev–Trinajstić information content (AvgIpc) is 2.17. The van der Waals surface area contributed by atoms with E-state index in [2.05, 4.69) is 5.32 Å². The molecular weight excluding hydrogens is 202 g/mol. The Hall–Kier alpha value is -1.22. The summed E-state index contributed by atoms with van der Waals surface area (Å²) in [6.45, 7) is 0.744. The van der Waals surface area contributed by atoms with Gasteiger partial charge in [-0.25, -0.2) is 0 Å². The number of carboxylic acid groups (broad SMARTS) is 1. The first kappa shape index (κ1) is 10.9. The fourth-order valence-electron chi connectivity index (χ4n) is 1.73. The van der Waals surface area contributed by atoms with Crippen molar-refractivity contribution in [1.29, 1.82) is 0 Å². The Morgan fingerprint density at radius 1 is 1.43 bits per heavy atom. The molecule has 1 unspecified atom stereocenters. The van der Waals surface area contributed by atoms with Crippen molar-refractivity contribution in [2.24, 2.45) is 0 Å². The van der Waals surface area contributed by atoms with E-state index in [1.807, 2.05) is 24.3 Å². The smallest absolute Gasteiger partial charge is 0.311 e. The highest BCUT2D eigenvalue weighted by atomic mass is 35.5. The first-order valence-corrected chi connectivity index (χ1v) is 4.34. The quantitative estimate of drug-likeness (QED) is 0.751. The van der Waals surface area contributed by atoms with Gasteiger partial charge in [0, 0.05) is 12.2 Å². The van der Waals surface area contributed by atoms with Crippen molar-refractivity contribution in [2.45, 2.75) is 12.3 Å². The lowest BCUT2D eigenvalue weighted by atomic mass is 9.91. The molecule has 0 saturated carbocycles. The molecule has 1 heterocycles. The average molecular weight is 214 g/mol. The van der Waals surface area contributed by atoms with E-state index >= 15 is 0 Å². The van der Waals surface area contributed by atoms with E-state index in [1.165, 1.54) is 0 Å². The van der Waals surface area contributed by atoms with Gasteiger partial charge >= 0.3 is 5.97 Å². The van der Waals surface area contributed by atoms with Crippen LogP contribution in [0.5, 0.6) is 0 Å². The minimum atomic E-state index is -0.728. The Balaban J connectivity index is 0.000000980. The van der Waals surface area contributed by atoms with Gasteiger partial charge in [0.15, 0.2) is 0 Å². The van der Waals surface area contributed by atoms with Crippen LogP contribution in [0.4, 0.5) is 5.69 Å².